The summed E-state index contributed by atoms with van der Waals surface area (Å²) >= 11 is 0. The summed E-state index contributed by atoms with van der Waals surface area (Å²) in [5, 5.41) is 14.4. The molecule has 0 spiro atoms. The molecule has 4 rings (SSSR count). The molecule has 0 aliphatic carbocycles. The van der Waals surface area contributed by atoms with Crippen LogP contribution in [0.5, 0.6) is 5.75 Å². The summed E-state index contributed by atoms with van der Waals surface area (Å²) in [4.78, 5) is 28.7. The van der Waals surface area contributed by atoms with Crippen LogP contribution in [0.25, 0.3) is 0 Å². The van der Waals surface area contributed by atoms with E-state index in [1.165, 1.54) is 0 Å². The highest BCUT2D eigenvalue weighted by Gasteiger charge is 2.42. The van der Waals surface area contributed by atoms with Gasteiger partial charge in [-0.15, -0.1) is 0 Å². The lowest BCUT2D eigenvalue weighted by atomic mass is 9.83. The quantitative estimate of drug-likeness (QED) is 0.550. The van der Waals surface area contributed by atoms with Gasteiger partial charge in [0.25, 0.3) is 5.69 Å². The second-order valence-electron chi connectivity index (χ2n) is 8.90. The predicted octanol–water partition coefficient (Wildman–Crippen LogP) is 3.24. The lowest BCUT2D eigenvalue weighted by Crippen LogP contribution is -2.61. The molecule has 170 valence electrons. The van der Waals surface area contributed by atoms with E-state index in [1.807, 2.05) is 30.3 Å². The van der Waals surface area contributed by atoms with Gasteiger partial charge in [-0.25, -0.2) is 0 Å². The molecule has 32 heavy (non-hydrogen) atoms. The number of amides is 1. The van der Waals surface area contributed by atoms with Gasteiger partial charge in [-0.3, -0.25) is 14.9 Å². The summed E-state index contributed by atoms with van der Waals surface area (Å²) < 4.78 is 5.57. The van der Waals surface area contributed by atoms with Crippen LogP contribution in [0, 0.1) is 22.0 Å². The van der Waals surface area contributed by atoms with Crippen molar-refractivity contribution < 1.29 is 14.5 Å². The van der Waals surface area contributed by atoms with E-state index < -0.39 is 0 Å². The molecule has 2 aliphatic heterocycles. The van der Waals surface area contributed by atoms with Crippen LogP contribution in [0.2, 0.25) is 0 Å². The van der Waals surface area contributed by atoms with Crippen molar-refractivity contribution in [2.75, 3.05) is 43.1 Å². The van der Waals surface area contributed by atoms with Crippen molar-refractivity contribution in [3.05, 3.63) is 58.1 Å². The van der Waals surface area contributed by atoms with E-state index in [0.29, 0.717) is 25.4 Å². The van der Waals surface area contributed by atoms with Crippen molar-refractivity contribution in [2.45, 2.75) is 26.3 Å². The Kier molecular flexibility index (Phi) is 6.21. The number of nitro benzene ring substituents is 1. The maximum Gasteiger partial charge on any atom is 0.269 e. The van der Waals surface area contributed by atoms with Gasteiger partial charge in [-0.1, -0.05) is 26.0 Å². The number of nitro groups is 1. The van der Waals surface area contributed by atoms with Gasteiger partial charge in [0.1, 0.15) is 5.75 Å². The van der Waals surface area contributed by atoms with Crippen LogP contribution in [0.1, 0.15) is 19.4 Å². The van der Waals surface area contributed by atoms with E-state index in [4.69, 9.17) is 4.74 Å². The Balaban J connectivity index is 1.67. The summed E-state index contributed by atoms with van der Waals surface area (Å²) in [7, 11) is 1.67. The zero-order valence-electron chi connectivity index (χ0n) is 18.8. The Morgan fingerprint density at radius 3 is 2.72 bits per heavy atom. The first-order chi connectivity index (χ1) is 15.4. The fourth-order valence-electron chi connectivity index (χ4n) is 4.77. The van der Waals surface area contributed by atoms with Gasteiger partial charge < -0.3 is 19.9 Å². The molecule has 8 heteroatoms. The summed E-state index contributed by atoms with van der Waals surface area (Å²) in [5.41, 5.74) is 2.95. The van der Waals surface area contributed by atoms with Crippen molar-refractivity contribution in [2.24, 2.45) is 11.8 Å². The molecule has 1 saturated heterocycles. The largest absolute Gasteiger partial charge is 0.495 e. The van der Waals surface area contributed by atoms with Gasteiger partial charge in [-0.2, -0.15) is 0 Å². The van der Waals surface area contributed by atoms with Crippen LogP contribution in [0.15, 0.2) is 42.5 Å². The van der Waals surface area contributed by atoms with Gasteiger partial charge in [0.2, 0.25) is 5.91 Å². The molecule has 0 aromatic heterocycles. The van der Waals surface area contributed by atoms with E-state index >= 15 is 0 Å². The van der Waals surface area contributed by atoms with Gasteiger partial charge in [0.05, 0.1) is 29.7 Å². The number of hydrogen-bond acceptors (Lipinski definition) is 6. The number of methoxy groups -OCH3 is 1. The number of rotatable bonds is 6. The first-order valence-electron chi connectivity index (χ1n) is 11.1. The smallest absolute Gasteiger partial charge is 0.269 e. The number of carbonyl (C=O) groups is 1. The topological polar surface area (TPSA) is 87.9 Å². The minimum atomic E-state index is -0.375. The molecule has 2 aliphatic rings. The number of benzene rings is 2. The molecule has 0 saturated carbocycles. The molecule has 2 heterocycles. The monoisotopic (exact) mass is 438 g/mol. The third kappa shape index (κ3) is 4.22. The molecule has 0 radical (unpaired) electrons. The number of hydrogen-bond donors (Lipinski definition) is 1. The zero-order chi connectivity index (χ0) is 22.8. The maximum atomic E-state index is 13.2. The van der Waals surface area contributed by atoms with Crippen LogP contribution in [-0.4, -0.2) is 50.2 Å². The molecule has 2 atom stereocenters. The second-order valence-corrected chi connectivity index (χ2v) is 8.90. The number of fused-ring (bicyclic) bond motifs is 3. The van der Waals surface area contributed by atoms with Gasteiger partial charge in [-0.05, 0) is 36.1 Å². The average molecular weight is 439 g/mol. The Morgan fingerprint density at radius 1 is 1.22 bits per heavy atom. The lowest BCUT2D eigenvalue weighted by molar-refractivity contribution is -0.384. The third-order valence-corrected chi connectivity index (χ3v) is 6.35. The normalized spacial score (nSPS) is 19.9. The third-order valence-electron chi connectivity index (χ3n) is 6.35. The van der Waals surface area contributed by atoms with E-state index in [9.17, 15) is 14.9 Å². The first-order valence-corrected chi connectivity index (χ1v) is 11.1. The Hall–Kier alpha value is -3.29. The summed E-state index contributed by atoms with van der Waals surface area (Å²) in [6.45, 7) is 6.91. The van der Waals surface area contributed by atoms with E-state index in [1.54, 1.807) is 19.2 Å². The molecule has 2 aromatic carbocycles. The number of nitrogens with one attached hydrogen (secondary N) is 1. The predicted molar refractivity (Wildman–Crippen MR) is 124 cm³/mol. The molecule has 8 nitrogen and oxygen atoms in total. The Morgan fingerprint density at radius 2 is 2.00 bits per heavy atom. The molecule has 1 amide bonds. The molecule has 0 bridgehead atoms. The van der Waals surface area contributed by atoms with Gasteiger partial charge >= 0.3 is 0 Å². The molecular formula is C24H30N4O4. The second kappa shape index (κ2) is 9.06. The molecule has 0 unspecified atom stereocenters. The highest BCUT2D eigenvalue weighted by molar-refractivity contribution is 5.82. The van der Waals surface area contributed by atoms with Crippen LogP contribution >= 0.6 is 0 Å². The summed E-state index contributed by atoms with van der Waals surface area (Å²) in [6.07, 6.45) is 0.488. The highest BCUT2D eigenvalue weighted by atomic mass is 16.6. The van der Waals surface area contributed by atoms with Crippen LogP contribution in [0.4, 0.5) is 17.1 Å². The Labute approximate surface area is 188 Å². The number of non-ortho nitro benzene ring substituents is 1. The fourth-order valence-corrected chi connectivity index (χ4v) is 4.77. The number of ether oxygens (including phenoxy) is 1. The van der Waals surface area contributed by atoms with Crippen molar-refractivity contribution in [3.63, 3.8) is 0 Å². The number of nitrogens with zero attached hydrogens (tertiary/aromatic N) is 3. The molecule has 2 aromatic rings. The van der Waals surface area contributed by atoms with Crippen molar-refractivity contribution in [1.82, 2.24) is 5.32 Å². The zero-order valence-corrected chi connectivity index (χ0v) is 18.8. The Bertz CT molecular complexity index is 1010. The number of anilines is 2. The van der Waals surface area contributed by atoms with E-state index in [-0.39, 0.29) is 28.5 Å². The molecule has 1 fully saturated rings. The summed E-state index contributed by atoms with van der Waals surface area (Å²) in [5.74, 6) is 0.880. The SMILES string of the molecule is COc1ccccc1N1CCN2c3ccc([N+](=O)[O-])cc3C[C@@H](C(=O)NCC(C)C)[C@@H]2C1. The van der Waals surface area contributed by atoms with Gasteiger partial charge in [0.15, 0.2) is 0 Å². The fraction of sp³-hybridized carbons (Fsp3) is 0.458. The highest BCUT2D eigenvalue weighted by Crippen LogP contribution is 2.39. The number of carbonyl (C=O) groups excluding carboxylic acids is 1. The van der Waals surface area contributed by atoms with Crippen LogP contribution in [0.3, 0.4) is 0 Å². The van der Waals surface area contributed by atoms with Crippen LogP contribution < -0.4 is 19.9 Å². The average Bonchev–Trinajstić information content (AvgIpc) is 2.81. The van der Waals surface area contributed by atoms with E-state index in [0.717, 1.165) is 35.8 Å². The lowest BCUT2D eigenvalue weighted by Gasteiger charge is -2.49. The van der Waals surface area contributed by atoms with Crippen molar-refractivity contribution >= 4 is 23.0 Å². The first kappa shape index (κ1) is 21.9. The van der Waals surface area contributed by atoms with Crippen molar-refractivity contribution in [3.8, 4) is 5.75 Å². The standard InChI is InChI=1S/C24H30N4O4/c1-16(2)14-25-24(29)19-13-17-12-18(28(30)31)8-9-20(17)27-11-10-26(15-22(19)27)21-6-4-5-7-23(21)32-3/h4-9,12,16,19,22H,10-11,13-15H2,1-3H3,(H,25,29)/t19-,22+/m1/s1. The minimum absolute atomic E-state index is 0.00716. The van der Waals surface area contributed by atoms with Crippen LogP contribution in [-0.2, 0) is 11.2 Å². The van der Waals surface area contributed by atoms with Gasteiger partial charge in [0, 0.05) is 44.0 Å². The molecular weight excluding hydrogens is 408 g/mol. The molecule has 1 N–H and O–H groups in total. The maximum absolute atomic E-state index is 13.2. The minimum Gasteiger partial charge on any atom is -0.495 e. The number of piperazine rings is 1. The van der Waals surface area contributed by atoms with Crippen molar-refractivity contribution in [1.29, 1.82) is 0 Å². The summed E-state index contributed by atoms with van der Waals surface area (Å²) in [6, 6.07) is 12.9. The number of para-hydroxylation sites is 2. The van der Waals surface area contributed by atoms with E-state index in [2.05, 4.69) is 29.0 Å².